The number of rotatable bonds is 3. The molecule has 2 aromatic rings. The third-order valence-electron chi connectivity index (χ3n) is 3.22. The van der Waals surface area contributed by atoms with Gasteiger partial charge in [0.1, 0.15) is 12.4 Å². The molecule has 0 unspecified atom stereocenters. The van der Waals surface area contributed by atoms with E-state index < -0.39 is 0 Å². The average Bonchev–Trinajstić information content (AvgIpc) is 2.37. The second kappa shape index (κ2) is 5.76. The van der Waals surface area contributed by atoms with E-state index in [0.717, 1.165) is 11.3 Å². The summed E-state index contributed by atoms with van der Waals surface area (Å²) < 4.78 is 5.95. The first-order valence-corrected chi connectivity index (χ1v) is 7.02. The molecule has 0 fully saturated rings. The summed E-state index contributed by atoms with van der Waals surface area (Å²) in [4.78, 5) is 0. The Hall–Kier alpha value is -1.67. The van der Waals surface area contributed by atoms with Gasteiger partial charge in [0.2, 0.25) is 0 Å². The van der Waals surface area contributed by atoms with Crippen molar-refractivity contribution in [3.05, 3.63) is 58.6 Å². The highest BCUT2D eigenvalue weighted by Crippen LogP contribution is 2.32. The van der Waals surface area contributed by atoms with Gasteiger partial charge in [0.25, 0.3) is 0 Å². The monoisotopic (exact) mass is 289 g/mol. The van der Waals surface area contributed by atoms with E-state index in [2.05, 4.69) is 26.8 Å². The molecule has 20 heavy (non-hydrogen) atoms. The Bertz CT molecular complexity index is 582. The zero-order valence-electron chi connectivity index (χ0n) is 12.1. The smallest absolute Gasteiger partial charge is 0.123 e. The Morgan fingerprint density at radius 3 is 2.40 bits per heavy atom. The fourth-order valence-electron chi connectivity index (χ4n) is 2.09. The van der Waals surface area contributed by atoms with Gasteiger partial charge in [0, 0.05) is 16.3 Å². The summed E-state index contributed by atoms with van der Waals surface area (Å²) in [6.45, 7) is 6.87. The number of ether oxygens (including phenoxy) is 1. The van der Waals surface area contributed by atoms with E-state index >= 15 is 0 Å². The van der Waals surface area contributed by atoms with Crippen LogP contribution in [-0.2, 0) is 12.0 Å². The Balaban J connectivity index is 2.24. The van der Waals surface area contributed by atoms with Crippen LogP contribution >= 0.6 is 11.6 Å². The second-order valence-electron chi connectivity index (χ2n) is 5.84. The van der Waals surface area contributed by atoms with Crippen molar-refractivity contribution >= 4 is 17.3 Å². The van der Waals surface area contributed by atoms with Gasteiger partial charge >= 0.3 is 0 Å². The summed E-state index contributed by atoms with van der Waals surface area (Å²) in [5.74, 6) is 0.874. The van der Waals surface area contributed by atoms with Gasteiger partial charge < -0.3 is 10.5 Å². The van der Waals surface area contributed by atoms with Gasteiger partial charge in [-0.1, -0.05) is 56.6 Å². The molecule has 0 aliphatic carbocycles. The van der Waals surface area contributed by atoms with Crippen LogP contribution in [0.25, 0.3) is 0 Å². The van der Waals surface area contributed by atoms with Crippen molar-refractivity contribution in [2.75, 3.05) is 5.73 Å². The molecule has 106 valence electrons. The van der Waals surface area contributed by atoms with Crippen LogP contribution in [0.1, 0.15) is 31.9 Å². The molecule has 0 aromatic heterocycles. The topological polar surface area (TPSA) is 35.2 Å². The molecule has 0 spiro atoms. The first-order valence-electron chi connectivity index (χ1n) is 6.65. The van der Waals surface area contributed by atoms with Crippen LogP contribution in [-0.4, -0.2) is 0 Å². The summed E-state index contributed by atoms with van der Waals surface area (Å²) in [6, 6.07) is 13.6. The molecule has 0 aliphatic rings. The highest BCUT2D eigenvalue weighted by molar-refractivity contribution is 6.31. The number of hydrogen-bond acceptors (Lipinski definition) is 2. The van der Waals surface area contributed by atoms with Gasteiger partial charge in [-0.2, -0.15) is 0 Å². The van der Waals surface area contributed by atoms with Gasteiger partial charge in [0.15, 0.2) is 0 Å². The maximum absolute atomic E-state index is 6.17. The predicted octanol–water partition coefficient (Wildman–Crippen LogP) is 4.80. The van der Waals surface area contributed by atoms with Crippen molar-refractivity contribution in [1.82, 2.24) is 0 Å². The van der Waals surface area contributed by atoms with Gasteiger partial charge in [-0.15, -0.1) is 0 Å². The lowest BCUT2D eigenvalue weighted by Crippen LogP contribution is -2.13. The van der Waals surface area contributed by atoms with Crippen LogP contribution in [0.15, 0.2) is 42.5 Å². The third kappa shape index (κ3) is 3.26. The minimum Gasteiger partial charge on any atom is -0.488 e. The molecular formula is C17H20ClNO. The molecular weight excluding hydrogens is 270 g/mol. The second-order valence-corrected chi connectivity index (χ2v) is 6.25. The van der Waals surface area contributed by atoms with Crippen LogP contribution in [0.3, 0.4) is 0 Å². The van der Waals surface area contributed by atoms with E-state index in [4.69, 9.17) is 22.1 Å². The molecule has 0 bridgehead atoms. The summed E-state index contributed by atoms with van der Waals surface area (Å²) >= 11 is 6.17. The van der Waals surface area contributed by atoms with Gasteiger partial charge in [-0.25, -0.2) is 0 Å². The van der Waals surface area contributed by atoms with E-state index in [0.29, 0.717) is 17.3 Å². The molecule has 3 heteroatoms. The van der Waals surface area contributed by atoms with E-state index in [1.807, 2.05) is 36.4 Å². The van der Waals surface area contributed by atoms with Gasteiger partial charge in [-0.05, 0) is 29.2 Å². The van der Waals surface area contributed by atoms with E-state index in [1.54, 1.807) is 0 Å². The Kier molecular flexibility index (Phi) is 4.24. The zero-order chi connectivity index (χ0) is 14.8. The quantitative estimate of drug-likeness (QED) is 0.824. The van der Waals surface area contributed by atoms with E-state index in [-0.39, 0.29) is 5.41 Å². The van der Waals surface area contributed by atoms with Crippen molar-refractivity contribution in [3.8, 4) is 5.75 Å². The number of nitrogen functional groups attached to an aromatic ring is 1. The van der Waals surface area contributed by atoms with E-state index in [1.165, 1.54) is 5.56 Å². The summed E-state index contributed by atoms with van der Waals surface area (Å²) in [6.07, 6.45) is 0. The van der Waals surface area contributed by atoms with Crippen molar-refractivity contribution < 1.29 is 4.74 Å². The molecule has 0 saturated carbocycles. The fraction of sp³-hybridized carbons (Fsp3) is 0.294. The largest absolute Gasteiger partial charge is 0.488 e. The van der Waals surface area contributed by atoms with Crippen molar-refractivity contribution in [2.45, 2.75) is 32.8 Å². The van der Waals surface area contributed by atoms with Crippen LogP contribution in [0, 0.1) is 0 Å². The highest BCUT2D eigenvalue weighted by atomic mass is 35.5. The first kappa shape index (κ1) is 14.7. The fourth-order valence-corrected chi connectivity index (χ4v) is 2.33. The Morgan fingerprint density at radius 1 is 1.05 bits per heavy atom. The summed E-state index contributed by atoms with van der Waals surface area (Å²) in [7, 11) is 0. The van der Waals surface area contributed by atoms with Gasteiger partial charge in [-0.3, -0.25) is 0 Å². The number of hydrogen-bond donors (Lipinski definition) is 1. The van der Waals surface area contributed by atoms with Gasteiger partial charge in [0.05, 0.1) is 0 Å². The molecule has 0 radical (unpaired) electrons. The maximum atomic E-state index is 6.17. The molecule has 0 aliphatic heterocycles. The molecule has 0 amide bonds. The van der Waals surface area contributed by atoms with Crippen molar-refractivity contribution in [3.63, 3.8) is 0 Å². The number of nitrogens with two attached hydrogens (primary N) is 1. The molecule has 0 saturated heterocycles. The minimum atomic E-state index is 0.0304. The molecule has 0 heterocycles. The van der Waals surface area contributed by atoms with E-state index in [9.17, 15) is 0 Å². The molecule has 2 aromatic carbocycles. The summed E-state index contributed by atoms with van der Waals surface area (Å²) in [5.41, 5.74) is 8.64. The zero-order valence-corrected chi connectivity index (χ0v) is 12.9. The predicted molar refractivity (Wildman–Crippen MR) is 85.3 cm³/mol. The van der Waals surface area contributed by atoms with Crippen molar-refractivity contribution in [1.29, 1.82) is 0 Å². The number of benzene rings is 2. The van der Waals surface area contributed by atoms with Crippen LogP contribution in [0.4, 0.5) is 5.69 Å². The highest BCUT2D eigenvalue weighted by Gasteiger charge is 2.18. The van der Waals surface area contributed by atoms with Crippen LogP contribution < -0.4 is 10.5 Å². The van der Waals surface area contributed by atoms with Crippen molar-refractivity contribution in [2.24, 2.45) is 0 Å². The molecule has 2 rings (SSSR count). The third-order valence-corrected chi connectivity index (χ3v) is 3.58. The first-order chi connectivity index (χ1) is 9.39. The average molecular weight is 290 g/mol. The molecule has 2 N–H and O–H groups in total. The molecule has 0 atom stereocenters. The maximum Gasteiger partial charge on any atom is 0.123 e. The SMILES string of the molecule is CC(C)(C)c1ccccc1OCc1c(N)cccc1Cl. The lowest BCUT2D eigenvalue weighted by molar-refractivity contribution is 0.298. The van der Waals surface area contributed by atoms with Crippen LogP contribution in [0.2, 0.25) is 5.02 Å². The lowest BCUT2D eigenvalue weighted by atomic mass is 9.86. The number of para-hydroxylation sites is 1. The lowest BCUT2D eigenvalue weighted by Gasteiger charge is -2.23. The normalized spacial score (nSPS) is 11.4. The summed E-state index contributed by atoms with van der Waals surface area (Å²) in [5, 5.41) is 0.637. The Labute approximate surface area is 125 Å². The van der Waals surface area contributed by atoms with Crippen LogP contribution in [0.5, 0.6) is 5.75 Å². The molecule has 2 nitrogen and oxygen atoms in total. The standard InChI is InChI=1S/C17H20ClNO/c1-17(2,3)13-7-4-5-10-16(13)20-11-12-14(18)8-6-9-15(12)19/h4-10H,11,19H2,1-3H3. The number of anilines is 1. The number of halogens is 1. The Morgan fingerprint density at radius 2 is 1.75 bits per heavy atom. The minimum absolute atomic E-state index is 0.0304.